The summed E-state index contributed by atoms with van der Waals surface area (Å²) >= 11 is 0. The van der Waals surface area contributed by atoms with Crippen LogP contribution in [0, 0.1) is 10.1 Å². The van der Waals surface area contributed by atoms with Gasteiger partial charge in [0.25, 0.3) is 5.69 Å². The molecule has 0 bridgehead atoms. The minimum atomic E-state index is -0.729. The maximum Gasteiger partial charge on any atom is 0.338 e. The van der Waals surface area contributed by atoms with Gasteiger partial charge in [0.1, 0.15) is 0 Å². The molecule has 1 rings (SSSR count). The van der Waals surface area contributed by atoms with Crippen LogP contribution in [-0.2, 0) is 9.47 Å². The zero-order chi connectivity index (χ0) is 16.2. The summed E-state index contributed by atoms with van der Waals surface area (Å²) in [7, 11) is 0. The molecule has 0 radical (unpaired) electrons. The summed E-state index contributed by atoms with van der Waals surface area (Å²) in [4.78, 5) is 33.9. The number of nitro benzene ring substituents is 1. The van der Waals surface area contributed by atoms with Crippen LogP contribution >= 0.6 is 13.5 Å². The van der Waals surface area contributed by atoms with E-state index in [4.69, 9.17) is 9.47 Å². The molecule has 0 unspecified atom stereocenters. The summed E-state index contributed by atoms with van der Waals surface area (Å²) in [5.41, 5.74) is -0.494. The van der Waals surface area contributed by atoms with E-state index in [0.29, 0.717) is 0 Å². The van der Waals surface area contributed by atoms with Gasteiger partial charge in [0.05, 0.1) is 28.3 Å². The van der Waals surface area contributed by atoms with Crippen molar-refractivity contribution >= 4 is 31.1 Å². The van der Waals surface area contributed by atoms with Gasteiger partial charge in [0.2, 0.25) is 0 Å². The molecule has 0 saturated carbocycles. The Morgan fingerprint density at radius 2 is 1.32 bits per heavy atom. The fourth-order valence-electron chi connectivity index (χ4n) is 1.52. The average molecular weight is 329 g/mol. The fraction of sp³-hybridized carbons (Fsp3) is 0.429. The van der Waals surface area contributed by atoms with E-state index in [9.17, 15) is 19.7 Å². The Kier molecular flexibility index (Phi) is 7.58. The predicted octanol–water partition coefficient (Wildman–Crippen LogP) is 2.84. The van der Waals surface area contributed by atoms with E-state index in [1.54, 1.807) is 27.7 Å². The van der Waals surface area contributed by atoms with Gasteiger partial charge < -0.3 is 9.47 Å². The lowest BCUT2D eigenvalue weighted by Gasteiger charge is -2.10. The molecule has 0 amide bonds. The molecule has 0 aliphatic carbocycles. The smallest absolute Gasteiger partial charge is 0.338 e. The third-order valence-corrected chi connectivity index (χ3v) is 2.29. The van der Waals surface area contributed by atoms with Crippen LogP contribution in [-0.4, -0.2) is 29.1 Å². The van der Waals surface area contributed by atoms with Crippen molar-refractivity contribution in [1.29, 1.82) is 0 Å². The summed E-state index contributed by atoms with van der Waals surface area (Å²) in [6, 6.07) is 3.36. The van der Waals surface area contributed by atoms with Gasteiger partial charge in [-0.1, -0.05) is 0 Å². The van der Waals surface area contributed by atoms with Gasteiger partial charge in [0, 0.05) is 12.1 Å². The second-order valence-electron chi connectivity index (χ2n) is 4.93. The Hall–Kier alpha value is -2.09. The van der Waals surface area contributed by atoms with E-state index in [2.05, 4.69) is 0 Å². The first-order chi connectivity index (χ1) is 9.70. The SMILES string of the molecule is CC(C)OC(=O)c1cc(C(=O)OC(C)C)cc([N+](=O)[O-])c1.S. The normalized spacial score (nSPS) is 10.1. The molecule has 1 aromatic carbocycles. The Morgan fingerprint density at radius 1 is 0.955 bits per heavy atom. The van der Waals surface area contributed by atoms with Gasteiger partial charge >= 0.3 is 11.9 Å². The molecule has 122 valence electrons. The monoisotopic (exact) mass is 329 g/mol. The second-order valence-corrected chi connectivity index (χ2v) is 4.93. The lowest BCUT2D eigenvalue weighted by Crippen LogP contribution is -2.15. The third kappa shape index (κ3) is 5.72. The van der Waals surface area contributed by atoms with Crippen molar-refractivity contribution in [3.63, 3.8) is 0 Å². The van der Waals surface area contributed by atoms with Crippen molar-refractivity contribution in [1.82, 2.24) is 0 Å². The zero-order valence-corrected chi connectivity index (χ0v) is 13.8. The molecule has 0 spiro atoms. The predicted molar refractivity (Wildman–Crippen MR) is 84.6 cm³/mol. The zero-order valence-electron chi connectivity index (χ0n) is 12.8. The summed E-state index contributed by atoms with van der Waals surface area (Å²) < 4.78 is 9.95. The summed E-state index contributed by atoms with van der Waals surface area (Å²) in [6.45, 7) is 6.62. The fourth-order valence-corrected chi connectivity index (χ4v) is 1.52. The van der Waals surface area contributed by atoms with Crippen molar-refractivity contribution in [2.45, 2.75) is 39.9 Å². The number of non-ortho nitro benzene ring substituents is 1. The van der Waals surface area contributed by atoms with Crippen LogP contribution in [0.1, 0.15) is 48.4 Å². The van der Waals surface area contributed by atoms with Gasteiger partial charge in [0.15, 0.2) is 0 Å². The highest BCUT2D eigenvalue weighted by molar-refractivity contribution is 7.59. The topological polar surface area (TPSA) is 95.7 Å². The first-order valence-electron chi connectivity index (χ1n) is 6.42. The molecule has 0 fully saturated rings. The van der Waals surface area contributed by atoms with E-state index in [1.165, 1.54) is 6.07 Å². The van der Waals surface area contributed by atoms with Crippen LogP contribution in [0.5, 0.6) is 0 Å². The molecule has 0 saturated heterocycles. The summed E-state index contributed by atoms with van der Waals surface area (Å²) in [6.07, 6.45) is -0.745. The van der Waals surface area contributed by atoms with Crippen LogP contribution in [0.2, 0.25) is 0 Å². The highest BCUT2D eigenvalue weighted by atomic mass is 32.1. The van der Waals surface area contributed by atoms with Crippen molar-refractivity contribution in [3.8, 4) is 0 Å². The van der Waals surface area contributed by atoms with Crippen molar-refractivity contribution < 1.29 is 24.0 Å². The Bertz CT molecular complexity index is 530. The molecule has 7 nitrogen and oxygen atoms in total. The van der Waals surface area contributed by atoms with Crippen molar-refractivity contribution in [2.75, 3.05) is 0 Å². The van der Waals surface area contributed by atoms with Crippen LogP contribution in [0.15, 0.2) is 18.2 Å². The lowest BCUT2D eigenvalue weighted by molar-refractivity contribution is -0.384. The molecule has 22 heavy (non-hydrogen) atoms. The Morgan fingerprint density at radius 3 is 1.59 bits per heavy atom. The van der Waals surface area contributed by atoms with Gasteiger partial charge in [-0.25, -0.2) is 9.59 Å². The number of carbonyl (C=O) groups excluding carboxylic acids is 2. The number of esters is 2. The van der Waals surface area contributed by atoms with E-state index in [0.717, 1.165) is 12.1 Å². The van der Waals surface area contributed by atoms with Gasteiger partial charge in [-0.3, -0.25) is 10.1 Å². The Labute approximate surface area is 135 Å². The molecule has 0 N–H and O–H groups in total. The number of benzene rings is 1. The highest BCUT2D eigenvalue weighted by Gasteiger charge is 2.20. The number of nitro groups is 1. The quantitative estimate of drug-likeness (QED) is 0.468. The van der Waals surface area contributed by atoms with Crippen molar-refractivity contribution in [3.05, 3.63) is 39.4 Å². The molecular formula is C14H19NO6S. The average Bonchev–Trinajstić information content (AvgIpc) is 2.36. The van der Waals surface area contributed by atoms with E-state index in [1.807, 2.05) is 0 Å². The van der Waals surface area contributed by atoms with E-state index < -0.39 is 16.9 Å². The van der Waals surface area contributed by atoms with Gasteiger partial charge in [-0.15, -0.1) is 0 Å². The van der Waals surface area contributed by atoms with Crippen LogP contribution in [0.4, 0.5) is 5.69 Å². The number of hydrogen-bond acceptors (Lipinski definition) is 6. The minimum absolute atomic E-state index is 0. The maximum atomic E-state index is 11.8. The number of hydrogen-bond donors (Lipinski definition) is 0. The molecular weight excluding hydrogens is 310 g/mol. The van der Waals surface area contributed by atoms with Crippen LogP contribution < -0.4 is 0 Å². The number of nitrogens with zero attached hydrogens (tertiary/aromatic N) is 1. The van der Waals surface area contributed by atoms with Gasteiger partial charge in [-0.2, -0.15) is 13.5 Å². The van der Waals surface area contributed by atoms with E-state index >= 15 is 0 Å². The first-order valence-corrected chi connectivity index (χ1v) is 6.42. The van der Waals surface area contributed by atoms with Crippen LogP contribution in [0.25, 0.3) is 0 Å². The van der Waals surface area contributed by atoms with Crippen molar-refractivity contribution in [2.24, 2.45) is 0 Å². The third-order valence-electron chi connectivity index (χ3n) is 2.29. The molecule has 0 aliphatic heterocycles. The lowest BCUT2D eigenvalue weighted by atomic mass is 10.1. The molecule has 0 atom stereocenters. The first kappa shape index (κ1) is 19.9. The maximum absolute atomic E-state index is 11.8. The second kappa shape index (κ2) is 8.38. The highest BCUT2D eigenvalue weighted by Crippen LogP contribution is 2.19. The molecule has 0 heterocycles. The largest absolute Gasteiger partial charge is 0.459 e. The van der Waals surface area contributed by atoms with E-state index in [-0.39, 0.29) is 42.5 Å². The minimum Gasteiger partial charge on any atom is -0.459 e. The standard InChI is InChI=1S/C14H17NO6.H2S/c1-8(2)20-13(16)10-5-11(14(17)21-9(3)4)7-12(6-10)15(18)19;/h5-9H,1-4H3;1H2. The number of ether oxygens (including phenoxy) is 2. The Balaban J connectivity index is 0.00000441. The number of rotatable bonds is 5. The molecule has 8 heteroatoms. The molecule has 0 aliphatic rings. The van der Waals surface area contributed by atoms with Crippen LogP contribution in [0.3, 0.4) is 0 Å². The van der Waals surface area contributed by atoms with Gasteiger partial charge in [-0.05, 0) is 33.8 Å². The summed E-state index contributed by atoms with van der Waals surface area (Å²) in [5, 5.41) is 10.9. The molecule has 0 aromatic heterocycles. The summed E-state index contributed by atoms with van der Waals surface area (Å²) in [5.74, 6) is -1.46. The molecule has 1 aromatic rings. The number of carbonyl (C=O) groups is 2.